The van der Waals surface area contributed by atoms with Crippen LogP contribution >= 0.6 is 11.8 Å². The van der Waals surface area contributed by atoms with Gasteiger partial charge in [-0.15, -0.1) is 11.8 Å². The zero-order chi connectivity index (χ0) is 17.9. The second-order valence-electron chi connectivity index (χ2n) is 6.95. The van der Waals surface area contributed by atoms with Gasteiger partial charge in [0, 0.05) is 22.1 Å². The van der Waals surface area contributed by atoms with Crippen molar-refractivity contribution in [2.24, 2.45) is 0 Å². The number of ether oxygens (including phenoxy) is 1. The number of nitrogens with zero attached hydrogens (tertiary/aromatic N) is 2. The topological polar surface area (TPSA) is 72.3 Å². The Hall–Kier alpha value is -2.08. The average molecular weight is 370 g/mol. The number of carboxylic acids is 1. The van der Waals surface area contributed by atoms with E-state index in [1.807, 2.05) is 0 Å². The monoisotopic (exact) mass is 370 g/mol. The van der Waals surface area contributed by atoms with Crippen molar-refractivity contribution in [3.8, 4) is 17.1 Å². The molecule has 1 saturated carbocycles. The molecule has 1 aromatic carbocycles. The van der Waals surface area contributed by atoms with Crippen LogP contribution in [0.1, 0.15) is 44.1 Å². The third-order valence-electron chi connectivity index (χ3n) is 5.02. The quantitative estimate of drug-likeness (QED) is 0.815. The third kappa shape index (κ3) is 4.01. The van der Waals surface area contributed by atoms with Crippen LogP contribution in [0.15, 0.2) is 35.5 Å². The van der Waals surface area contributed by atoms with E-state index >= 15 is 0 Å². The molecule has 2 aliphatic rings. The second-order valence-corrected chi connectivity index (χ2v) is 8.29. The van der Waals surface area contributed by atoms with Gasteiger partial charge in [0.1, 0.15) is 6.10 Å². The van der Waals surface area contributed by atoms with Crippen LogP contribution in [-0.2, 0) is 11.2 Å². The number of aromatic nitrogens is 2. The molecule has 1 atom stereocenters. The van der Waals surface area contributed by atoms with Crippen molar-refractivity contribution in [2.75, 3.05) is 0 Å². The summed E-state index contributed by atoms with van der Waals surface area (Å²) in [6.45, 7) is 0. The van der Waals surface area contributed by atoms with E-state index in [4.69, 9.17) is 9.84 Å². The first-order valence-corrected chi connectivity index (χ1v) is 10.1. The number of carbonyl (C=O) groups is 1. The molecule has 0 amide bonds. The molecule has 1 aromatic heterocycles. The van der Waals surface area contributed by atoms with Gasteiger partial charge in [-0.2, -0.15) is 0 Å². The van der Waals surface area contributed by atoms with E-state index in [1.54, 1.807) is 24.2 Å². The summed E-state index contributed by atoms with van der Waals surface area (Å²) >= 11 is 1.80. The van der Waals surface area contributed by atoms with Gasteiger partial charge in [-0.1, -0.05) is 6.07 Å². The Morgan fingerprint density at radius 3 is 2.92 bits per heavy atom. The van der Waals surface area contributed by atoms with Crippen molar-refractivity contribution in [3.05, 3.63) is 36.2 Å². The number of aliphatic carboxylic acids is 1. The minimum Gasteiger partial charge on any atom is -0.481 e. The van der Waals surface area contributed by atoms with Gasteiger partial charge in [0.25, 0.3) is 0 Å². The molecule has 1 unspecified atom stereocenters. The minimum absolute atomic E-state index is 0.245. The molecule has 0 spiro atoms. The zero-order valence-electron chi connectivity index (χ0n) is 14.6. The molecule has 0 bridgehead atoms. The number of carboxylic acid groups (broad SMARTS) is 1. The number of fused-ring (bicyclic) bond motifs is 1. The molecule has 26 heavy (non-hydrogen) atoms. The fourth-order valence-corrected chi connectivity index (χ4v) is 4.58. The number of hydrogen-bond donors (Lipinski definition) is 1. The van der Waals surface area contributed by atoms with Crippen molar-refractivity contribution in [1.29, 1.82) is 0 Å². The van der Waals surface area contributed by atoms with Gasteiger partial charge in [0.2, 0.25) is 5.88 Å². The molecule has 136 valence electrons. The molecule has 0 radical (unpaired) electrons. The highest BCUT2D eigenvalue weighted by molar-refractivity contribution is 8.00. The Morgan fingerprint density at radius 2 is 2.15 bits per heavy atom. The van der Waals surface area contributed by atoms with E-state index in [0.717, 1.165) is 43.4 Å². The van der Waals surface area contributed by atoms with Crippen LogP contribution < -0.4 is 4.74 Å². The van der Waals surface area contributed by atoms with Gasteiger partial charge in [-0.3, -0.25) is 9.78 Å². The smallest absolute Gasteiger partial charge is 0.303 e. The van der Waals surface area contributed by atoms with E-state index in [1.165, 1.54) is 16.9 Å². The largest absolute Gasteiger partial charge is 0.481 e. The first-order valence-electron chi connectivity index (χ1n) is 9.18. The maximum atomic E-state index is 10.8. The Bertz CT molecular complexity index is 807. The summed E-state index contributed by atoms with van der Waals surface area (Å²) in [5.74, 6) is -0.109. The molecule has 1 N–H and O–H groups in total. The number of benzene rings is 1. The molecule has 2 heterocycles. The van der Waals surface area contributed by atoms with Crippen molar-refractivity contribution in [1.82, 2.24) is 9.97 Å². The lowest BCUT2D eigenvalue weighted by molar-refractivity contribution is -0.137. The zero-order valence-corrected chi connectivity index (χ0v) is 15.4. The van der Waals surface area contributed by atoms with Crippen molar-refractivity contribution < 1.29 is 14.6 Å². The lowest BCUT2D eigenvalue weighted by atomic mass is 9.96. The lowest BCUT2D eigenvalue weighted by Crippen LogP contribution is -2.25. The number of hydrogen-bond acceptors (Lipinski definition) is 5. The predicted octanol–water partition coefficient (Wildman–Crippen LogP) is 4.35. The van der Waals surface area contributed by atoms with E-state index in [0.29, 0.717) is 17.2 Å². The maximum Gasteiger partial charge on any atom is 0.303 e. The maximum absolute atomic E-state index is 10.8. The first-order chi connectivity index (χ1) is 12.7. The van der Waals surface area contributed by atoms with E-state index < -0.39 is 5.97 Å². The summed E-state index contributed by atoms with van der Waals surface area (Å²) in [5, 5.41) is 9.26. The highest BCUT2D eigenvalue weighted by Gasteiger charge is 2.22. The van der Waals surface area contributed by atoms with Crippen molar-refractivity contribution >= 4 is 17.7 Å². The molecule has 1 fully saturated rings. The molecule has 0 saturated heterocycles. The molecular formula is C20H22N2O3S. The number of rotatable bonds is 6. The van der Waals surface area contributed by atoms with Crippen LogP contribution in [0.3, 0.4) is 0 Å². The van der Waals surface area contributed by atoms with E-state index in [9.17, 15) is 4.79 Å². The van der Waals surface area contributed by atoms with Gasteiger partial charge in [-0.05, 0) is 56.2 Å². The fourth-order valence-electron chi connectivity index (χ4n) is 3.30. The second kappa shape index (κ2) is 7.66. The van der Waals surface area contributed by atoms with Crippen LogP contribution in [0.25, 0.3) is 11.3 Å². The van der Waals surface area contributed by atoms with Crippen LogP contribution in [0.2, 0.25) is 0 Å². The highest BCUT2D eigenvalue weighted by Crippen LogP contribution is 2.39. The Kier molecular flexibility index (Phi) is 5.11. The third-order valence-corrected chi connectivity index (χ3v) is 6.47. The molecule has 5 nitrogen and oxygen atoms in total. The molecule has 6 heteroatoms. The van der Waals surface area contributed by atoms with Crippen molar-refractivity contribution in [2.45, 2.75) is 61.2 Å². The average Bonchev–Trinajstić information content (AvgIpc) is 2.63. The lowest BCUT2D eigenvalue weighted by Gasteiger charge is -2.25. The van der Waals surface area contributed by atoms with Crippen molar-refractivity contribution in [3.63, 3.8) is 0 Å². The molecule has 4 rings (SSSR count). The van der Waals surface area contributed by atoms with Crippen LogP contribution in [0.4, 0.5) is 0 Å². The van der Waals surface area contributed by atoms with Gasteiger partial charge in [0.15, 0.2) is 0 Å². The SMILES string of the molecule is O=C(O)CCC1CCc2cc(-c3cncc(OC4CCC4)n3)ccc2S1. The van der Waals surface area contributed by atoms with E-state index in [-0.39, 0.29) is 6.42 Å². The van der Waals surface area contributed by atoms with Crippen LogP contribution in [0.5, 0.6) is 5.88 Å². The van der Waals surface area contributed by atoms with Gasteiger partial charge >= 0.3 is 5.97 Å². The fraction of sp³-hybridized carbons (Fsp3) is 0.450. The summed E-state index contributed by atoms with van der Waals surface area (Å²) in [7, 11) is 0. The first kappa shape index (κ1) is 17.3. The Morgan fingerprint density at radius 1 is 1.27 bits per heavy atom. The Labute approximate surface area is 157 Å². The highest BCUT2D eigenvalue weighted by atomic mass is 32.2. The van der Waals surface area contributed by atoms with Crippen LogP contribution in [-0.4, -0.2) is 32.4 Å². The summed E-state index contributed by atoms with van der Waals surface area (Å²) in [5.41, 5.74) is 3.20. The molecule has 1 aliphatic carbocycles. The van der Waals surface area contributed by atoms with Gasteiger partial charge in [-0.25, -0.2) is 4.98 Å². The Balaban J connectivity index is 1.47. The number of aryl methyl sites for hydroxylation is 1. The molecule has 1 aliphatic heterocycles. The predicted molar refractivity (Wildman–Crippen MR) is 101 cm³/mol. The number of thioether (sulfide) groups is 1. The normalized spacial score (nSPS) is 19.5. The minimum atomic E-state index is -0.714. The molecule has 2 aromatic rings. The summed E-state index contributed by atoms with van der Waals surface area (Å²) < 4.78 is 5.86. The van der Waals surface area contributed by atoms with E-state index in [2.05, 4.69) is 28.2 Å². The standard InChI is InChI=1S/C20H22N2O3S/c23-20(24)9-7-16-6-4-14-10-13(5-8-18(14)26-16)17-11-21-12-19(22-17)25-15-2-1-3-15/h5,8,10-12,15-16H,1-4,6-7,9H2,(H,23,24). The van der Waals surface area contributed by atoms with Gasteiger partial charge in [0.05, 0.1) is 18.1 Å². The summed E-state index contributed by atoms with van der Waals surface area (Å²) in [6.07, 6.45) is 10.2. The summed E-state index contributed by atoms with van der Waals surface area (Å²) in [6, 6.07) is 6.39. The summed E-state index contributed by atoms with van der Waals surface area (Å²) in [4.78, 5) is 20.9. The van der Waals surface area contributed by atoms with Crippen LogP contribution in [0, 0.1) is 0 Å². The molecular weight excluding hydrogens is 348 g/mol. The van der Waals surface area contributed by atoms with Gasteiger partial charge < -0.3 is 9.84 Å².